The van der Waals surface area contributed by atoms with Crippen LogP contribution >= 0.6 is 0 Å². The highest BCUT2D eigenvalue weighted by Gasteiger charge is 2.10. The topological polar surface area (TPSA) is 12.0 Å². The van der Waals surface area contributed by atoms with E-state index in [2.05, 4.69) is 12.2 Å². The molecule has 0 spiro atoms. The molecule has 0 atom stereocenters. The van der Waals surface area contributed by atoms with Crippen LogP contribution in [0.4, 0.5) is 13.2 Å². The van der Waals surface area contributed by atoms with Gasteiger partial charge in [0, 0.05) is 17.7 Å². The third-order valence-corrected chi connectivity index (χ3v) is 2.56. The molecule has 1 rings (SSSR count). The maximum atomic E-state index is 13.2. The first-order valence-electron chi connectivity index (χ1n) is 5.99. The Morgan fingerprint density at radius 1 is 1.00 bits per heavy atom. The molecule has 0 aliphatic carbocycles. The Kier molecular flexibility index (Phi) is 6.05. The Labute approximate surface area is 100 Å². The molecule has 0 saturated heterocycles. The number of rotatable bonds is 7. The number of hydrogen-bond donors (Lipinski definition) is 1. The number of benzene rings is 1. The standard InChI is InChI=1S/C13H18F3N/c1-2-6-17-7-4-3-5-11-12(15)8-10(14)9-13(11)16/h8-9,17H,2-7H2,1H3. The summed E-state index contributed by atoms with van der Waals surface area (Å²) >= 11 is 0. The van der Waals surface area contributed by atoms with Crippen LogP contribution in [0.2, 0.25) is 0 Å². The van der Waals surface area contributed by atoms with Gasteiger partial charge in [-0.1, -0.05) is 6.92 Å². The minimum atomic E-state index is -0.867. The van der Waals surface area contributed by atoms with Gasteiger partial charge in [-0.3, -0.25) is 0 Å². The maximum Gasteiger partial charge on any atom is 0.132 e. The van der Waals surface area contributed by atoms with Crippen molar-refractivity contribution in [1.82, 2.24) is 5.32 Å². The summed E-state index contributed by atoms with van der Waals surface area (Å²) in [5, 5.41) is 3.21. The van der Waals surface area contributed by atoms with E-state index in [0.717, 1.165) is 38.1 Å². The van der Waals surface area contributed by atoms with Crippen LogP contribution in [0.15, 0.2) is 12.1 Å². The van der Waals surface area contributed by atoms with Gasteiger partial charge in [0.05, 0.1) is 0 Å². The summed E-state index contributed by atoms with van der Waals surface area (Å²) in [4.78, 5) is 0. The summed E-state index contributed by atoms with van der Waals surface area (Å²) in [5.74, 6) is -2.44. The van der Waals surface area contributed by atoms with E-state index in [1.54, 1.807) is 0 Å². The molecule has 0 heterocycles. The molecule has 1 N–H and O–H groups in total. The Balaban J connectivity index is 2.36. The second-order valence-corrected chi connectivity index (χ2v) is 4.06. The van der Waals surface area contributed by atoms with E-state index in [1.807, 2.05) is 0 Å². The van der Waals surface area contributed by atoms with Gasteiger partial charge >= 0.3 is 0 Å². The first-order chi connectivity index (χ1) is 8.15. The average molecular weight is 245 g/mol. The van der Waals surface area contributed by atoms with E-state index in [1.165, 1.54) is 0 Å². The smallest absolute Gasteiger partial charge is 0.132 e. The van der Waals surface area contributed by atoms with E-state index in [4.69, 9.17) is 0 Å². The van der Waals surface area contributed by atoms with Crippen LogP contribution in [0.3, 0.4) is 0 Å². The molecule has 0 radical (unpaired) electrons. The van der Waals surface area contributed by atoms with Crippen molar-refractivity contribution in [3.05, 3.63) is 35.1 Å². The van der Waals surface area contributed by atoms with E-state index >= 15 is 0 Å². The van der Waals surface area contributed by atoms with Crippen LogP contribution in [0, 0.1) is 17.5 Å². The number of nitrogens with one attached hydrogen (secondary N) is 1. The highest BCUT2D eigenvalue weighted by molar-refractivity contribution is 5.20. The fraction of sp³-hybridized carbons (Fsp3) is 0.538. The van der Waals surface area contributed by atoms with E-state index < -0.39 is 17.5 Å². The van der Waals surface area contributed by atoms with Crippen LogP contribution in [0.1, 0.15) is 31.7 Å². The van der Waals surface area contributed by atoms with Crippen molar-refractivity contribution < 1.29 is 13.2 Å². The summed E-state index contributed by atoms with van der Waals surface area (Å²) < 4.78 is 39.1. The second kappa shape index (κ2) is 7.33. The molecule has 0 bridgehead atoms. The maximum absolute atomic E-state index is 13.2. The van der Waals surface area contributed by atoms with E-state index in [0.29, 0.717) is 12.8 Å². The van der Waals surface area contributed by atoms with Gasteiger partial charge < -0.3 is 5.32 Å². The molecule has 0 aliphatic heterocycles. The lowest BCUT2D eigenvalue weighted by Crippen LogP contribution is -2.16. The summed E-state index contributed by atoms with van der Waals surface area (Å²) in [6.07, 6.45) is 2.93. The molecule has 0 aliphatic rings. The van der Waals surface area contributed by atoms with Gasteiger partial charge in [-0.15, -0.1) is 0 Å². The normalized spacial score (nSPS) is 10.8. The summed E-state index contributed by atoms with van der Waals surface area (Å²) in [6.45, 7) is 3.88. The predicted octanol–water partition coefficient (Wildman–Crippen LogP) is 3.43. The molecule has 0 saturated carbocycles. The van der Waals surface area contributed by atoms with Crippen LogP contribution in [0.25, 0.3) is 0 Å². The molecule has 1 aromatic rings. The number of unbranched alkanes of at least 4 members (excludes halogenated alkanes) is 1. The SMILES string of the molecule is CCCNCCCCc1c(F)cc(F)cc1F. The van der Waals surface area contributed by atoms with Gasteiger partial charge in [0.15, 0.2) is 0 Å². The van der Waals surface area contributed by atoms with Gasteiger partial charge in [0.2, 0.25) is 0 Å². The van der Waals surface area contributed by atoms with Crippen molar-refractivity contribution in [2.45, 2.75) is 32.6 Å². The third kappa shape index (κ3) is 4.77. The fourth-order valence-corrected chi connectivity index (χ4v) is 1.66. The second-order valence-electron chi connectivity index (χ2n) is 4.06. The Bertz CT molecular complexity index is 330. The summed E-state index contributed by atoms with van der Waals surface area (Å²) in [6, 6.07) is 1.46. The number of halogens is 3. The first-order valence-corrected chi connectivity index (χ1v) is 5.99. The molecular formula is C13H18F3N. The molecule has 0 fully saturated rings. The molecule has 17 heavy (non-hydrogen) atoms. The van der Waals surface area contributed by atoms with Crippen LogP contribution < -0.4 is 5.32 Å². The monoisotopic (exact) mass is 245 g/mol. The zero-order valence-corrected chi connectivity index (χ0v) is 10.0. The molecule has 0 aromatic heterocycles. The minimum absolute atomic E-state index is 0.0121. The largest absolute Gasteiger partial charge is 0.317 e. The lowest BCUT2D eigenvalue weighted by molar-refractivity contribution is 0.515. The van der Waals surface area contributed by atoms with Crippen molar-refractivity contribution in [1.29, 1.82) is 0 Å². The van der Waals surface area contributed by atoms with Crippen molar-refractivity contribution >= 4 is 0 Å². The van der Waals surface area contributed by atoms with Crippen LogP contribution in [0.5, 0.6) is 0 Å². The average Bonchev–Trinajstić information content (AvgIpc) is 2.26. The zero-order valence-electron chi connectivity index (χ0n) is 10.0. The van der Waals surface area contributed by atoms with Gasteiger partial charge in [-0.05, 0) is 38.8 Å². The fourth-order valence-electron chi connectivity index (χ4n) is 1.66. The van der Waals surface area contributed by atoms with Crippen molar-refractivity contribution in [3.8, 4) is 0 Å². The van der Waals surface area contributed by atoms with E-state index in [-0.39, 0.29) is 5.56 Å². The van der Waals surface area contributed by atoms with E-state index in [9.17, 15) is 13.2 Å². The predicted molar refractivity (Wildman–Crippen MR) is 62.4 cm³/mol. The molecule has 1 nitrogen and oxygen atoms in total. The van der Waals surface area contributed by atoms with Crippen molar-refractivity contribution in [2.75, 3.05) is 13.1 Å². The summed E-state index contributed by atoms with van der Waals surface area (Å²) in [5.41, 5.74) is -0.0121. The van der Waals surface area contributed by atoms with Crippen molar-refractivity contribution in [3.63, 3.8) is 0 Å². The molecule has 4 heteroatoms. The van der Waals surface area contributed by atoms with Gasteiger partial charge in [-0.25, -0.2) is 13.2 Å². The highest BCUT2D eigenvalue weighted by Crippen LogP contribution is 2.16. The van der Waals surface area contributed by atoms with Crippen LogP contribution in [-0.2, 0) is 6.42 Å². The first kappa shape index (κ1) is 14.0. The molecular weight excluding hydrogens is 227 g/mol. The number of hydrogen-bond acceptors (Lipinski definition) is 1. The Hall–Kier alpha value is -1.03. The summed E-state index contributed by atoms with van der Waals surface area (Å²) in [7, 11) is 0. The third-order valence-electron chi connectivity index (χ3n) is 2.56. The zero-order chi connectivity index (χ0) is 12.7. The van der Waals surface area contributed by atoms with Crippen LogP contribution in [-0.4, -0.2) is 13.1 Å². The van der Waals surface area contributed by atoms with Gasteiger partial charge in [-0.2, -0.15) is 0 Å². The lowest BCUT2D eigenvalue weighted by Gasteiger charge is -2.06. The molecule has 1 aromatic carbocycles. The molecule has 0 amide bonds. The molecule has 96 valence electrons. The minimum Gasteiger partial charge on any atom is -0.317 e. The van der Waals surface area contributed by atoms with Crippen molar-refractivity contribution in [2.24, 2.45) is 0 Å². The highest BCUT2D eigenvalue weighted by atomic mass is 19.1. The van der Waals surface area contributed by atoms with Gasteiger partial charge in [0.25, 0.3) is 0 Å². The lowest BCUT2D eigenvalue weighted by atomic mass is 10.1. The quantitative estimate of drug-likeness (QED) is 0.726. The molecule has 0 unspecified atom stereocenters. The Morgan fingerprint density at radius 2 is 1.65 bits per heavy atom. The van der Waals surface area contributed by atoms with Gasteiger partial charge in [0.1, 0.15) is 17.5 Å². The Morgan fingerprint density at radius 3 is 2.24 bits per heavy atom.